The maximum atomic E-state index is 10.7. The van der Waals surface area contributed by atoms with Gasteiger partial charge in [0.15, 0.2) is 0 Å². The molecule has 2 nitrogen and oxygen atoms in total. The smallest absolute Gasteiger partial charge is 0.335 e. The summed E-state index contributed by atoms with van der Waals surface area (Å²) in [6.45, 7) is 0. The van der Waals surface area contributed by atoms with Crippen LogP contribution in [0.15, 0.2) is 40.5 Å². The Hall–Kier alpha value is -1.23. The van der Waals surface area contributed by atoms with Crippen molar-refractivity contribution < 1.29 is 9.90 Å². The van der Waals surface area contributed by atoms with E-state index in [-0.39, 0.29) is 20.7 Å². The van der Waals surface area contributed by atoms with Gasteiger partial charge in [-0.05, 0) is 43.5 Å². The van der Waals surface area contributed by atoms with Crippen molar-refractivity contribution >= 4 is 36.3 Å². The Labute approximate surface area is 97.7 Å². The number of carboxylic acids is 1. The Morgan fingerprint density at radius 3 is 2.47 bits per heavy atom. The molecule has 1 aliphatic heterocycles. The molecule has 0 aromatic heterocycles. The molecule has 0 atom stereocenters. The summed E-state index contributed by atoms with van der Waals surface area (Å²) in [5.74, 6) is -0.882. The summed E-state index contributed by atoms with van der Waals surface area (Å²) in [5.41, 5.74) is 2.55. The second kappa shape index (κ2) is 4.53. The fourth-order valence-electron chi connectivity index (χ4n) is 1.30. The quantitative estimate of drug-likeness (QED) is 0.852. The zero-order valence-electron chi connectivity index (χ0n) is 7.85. The van der Waals surface area contributed by atoms with Crippen LogP contribution in [0.5, 0.6) is 0 Å². The van der Waals surface area contributed by atoms with E-state index in [0.29, 0.717) is 5.56 Å². The number of hydrogen-bond donors (Lipinski definition) is 1. The zero-order chi connectivity index (χ0) is 10.7. The Morgan fingerprint density at radius 1 is 1.20 bits per heavy atom. The molecule has 1 aromatic rings. The van der Waals surface area contributed by atoms with E-state index in [1.165, 1.54) is 0 Å². The van der Waals surface area contributed by atoms with Gasteiger partial charge in [-0.2, -0.15) is 0 Å². The lowest BCUT2D eigenvalue weighted by atomic mass is 10.0. The van der Waals surface area contributed by atoms with Crippen LogP contribution in [0.2, 0.25) is 0 Å². The normalized spacial score (nSPS) is 14.3. The van der Waals surface area contributed by atoms with Gasteiger partial charge in [0.2, 0.25) is 0 Å². The van der Waals surface area contributed by atoms with Crippen molar-refractivity contribution in [1.82, 2.24) is 0 Å². The van der Waals surface area contributed by atoms with Gasteiger partial charge in [0.05, 0.1) is 5.56 Å². The molecule has 3 heteroatoms. The van der Waals surface area contributed by atoms with Crippen LogP contribution >= 0.6 is 20.7 Å². The van der Waals surface area contributed by atoms with Crippen molar-refractivity contribution in [2.24, 2.45) is 0 Å². The summed E-state index contributed by atoms with van der Waals surface area (Å²) in [6.07, 6.45) is 4.20. The van der Waals surface area contributed by atoms with Crippen molar-refractivity contribution in [2.75, 3.05) is 0 Å². The number of carbonyl (C=O) groups is 1. The number of halogens is 1. The van der Waals surface area contributed by atoms with Crippen LogP contribution < -0.4 is 0 Å². The van der Waals surface area contributed by atoms with E-state index in [1.807, 2.05) is 12.1 Å². The first-order valence-electron chi connectivity index (χ1n) is 4.43. The Balaban J connectivity index is 2.32. The van der Waals surface area contributed by atoms with Crippen LogP contribution in [0.4, 0.5) is 0 Å². The predicted octanol–water partition coefficient (Wildman–Crippen LogP) is 3.07. The van der Waals surface area contributed by atoms with Crippen LogP contribution in [0, 0.1) is 0 Å². The molecule has 1 aromatic carbocycles. The highest BCUT2D eigenvalue weighted by atomic mass is 127. The molecular formula is C12H9IO2. The highest BCUT2D eigenvalue weighted by molar-refractivity contribution is 14.2. The molecule has 0 saturated carbocycles. The van der Waals surface area contributed by atoms with E-state index in [9.17, 15) is 4.79 Å². The average molecular weight is 312 g/mol. The van der Waals surface area contributed by atoms with Gasteiger partial charge in [-0.3, -0.25) is 0 Å². The summed E-state index contributed by atoms with van der Waals surface area (Å²) < 4.78 is 4.39. The summed E-state index contributed by atoms with van der Waals surface area (Å²) in [5, 5.41) is 8.76. The first kappa shape index (κ1) is 10.3. The molecule has 0 saturated heterocycles. The third-order valence-corrected chi connectivity index (χ3v) is 3.65. The van der Waals surface area contributed by atoms with Crippen molar-refractivity contribution in [1.29, 1.82) is 0 Å². The molecular weight excluding hydrogens is 303 g/mol. The molecule has 0 unspecified atom stereocenters. The standard InChI is InChI=1S/C12H9IO2/c14-12(15)11-3-1-9(2-4-11)10-5-7-13-8-6-10/h1-8H,(H,14,15). The molecule has 0 spiro atoms. The van der Waals surface area contributed by atoms with Gasteiger partial charge in [0.1, 0.15) is 0 Å². The Morgan fingerprint density at radius 2 is 1.93 bits per heavy atom. The molecule has 0 aliphatic carbocycles. The molecule has 1 aliphatic rings. The van der Waals surface area contributed by atoms with Gasteiger partial charge in [0.25, 0.3) is 0 Å². The van der Waals surface area contributed by atoms with E-state index < -0.39 is 5.97 Å². The summed E-state index contributed by atoms with van der Waals surface area (Å²) in [6, 6.07) is 6.96. The lowest BCUT2D eigenvalue weighted by Gasteiger charge is -2.03. The van der Waals surface area contributed by atoms with Crippen molar-refractivity contribution in [3.8, 4) is 0 Å². The van der Waals surface area contributed by atoms with E-state index in [4.69, 9.17) is 5.11 Å². The lowest BCUT2D eigenvalue weighted by Crippen LogP contribution is -1.95. The van der Waals surface area contributed by atoms with E-state index in [0.717, 1.165) is 11.1 Å². The summed E-state index contributed by atoms with van der Waals surface area (Å²) in [4.78, 5) is 10.7. The van der Waals surface area contributed by atoms with Crippen LogP contribution in [-0.4, -0.2) is 15.1 Å². The molecule has 1 heterocycles. The summed E-state index contributed by atoms with van der Waals surface area (Å²) >= 11 is 0.103. The number of aromatic carboxylic acids is 1. The third kappa shape index (κ3) is 2.41. The first-order chi connectivity index (χ1) is 7.27. The zero-order valence-corrected chi connectivity index (χ0v) is 10.0. The van der Waals surface area contributed by atoms with Crippen molar-refractivity contribution in [3.63, 3.8) is 0 Å². The number of benzene rings is 1. The maximum absolute atomic E-state index is 10.7. The number of rotatable bonds is 2. The molecule has 1 N–H and O–H groups in total. The van der Waals surface area contributed by atoms with Gasteiger partial charge in [0, 0.05) is 0 Å². The van der Waals surface area contributed by atoms with E-state index >= 15 is 0 Å². The molecule has 0 bridgehead atoms. The van der Waals surface area contributed by atoms with Gasteiger partial charge >= 0.3 is 5.97 Å². The maximum Gasteiger partial charge on any atom is 0.335 e. The first-order valence-corrected chi connectivity index (χ1v) is 6.92. The minimum absolute atomic E-state index is 0.103. The van der Waals surface area contributed by atoms with Crippen LogP contribution in [0.3, 0.4) is 0 Å². The number of allylic oxidation sites excluding steroid dienone is 3. The van der Waals surface area contributed by atoms with Gasteiger partial charge in [-0.15, -0.1) is 0 Å². The predicted molar refractivity (Wildman–Crippen MR) is 70.6 cm³/mol. The number of hydrogen-bond acceptors (Lipinski definition) is 1. The van der Waals surface area contributed by atoms with Crippen LogP contribution in [0.25, 0.3) is 5.57 Å². The second-order valence-electron chi connectivity index (χ2n) is 3.05. The van der Waals surface area contributed by atoms with Crippen molar-refractivity contribution in [3.05, 3.63) is 51.6 Å². The van der Waals surface area contributed by atoms with Crippen molar-refractivity contribution in [2.45, 2.75) is 0 Å². The minimum Gasteiger partial charge on any atom is -0.478 e. The van der Waals surface area contributed by atoms with E-state index in [1.54, 1.807) is 12.1 Å². The SMILES string of the molecule is O=C(O)c1ccc(C2=CC=IC=C2)cc1. The molecule has 2 rings (SSSR count). The molecule has 76 valence electrons. The van der Waals surface area contributed by atoms with Crippen LogP contribution in [0.1, 0.15) is 15.9 Å². The second-order valence-corrected chi connectivity index (χ2v) is 5.21. The van der Waals surface area contributed by atoms with Gasteiger partial charge in [-0.1, -0.05) is 32.9 Å². The highest BCUT2D eigenvalue weighted by Crippen LogP contribution is 2.20. The molecule has 15 heavy (non-hydrogen) atoms. The fraction of sp³-hybridized carbons (Fsp3) is 0. The minimum atomic E-state index is -0.882. The Kier molecular flexibility index (Phi) is 3.11. The largest absolute Gasteiger partial charge is 0.478 e. The molecule has 0 radical (unpaired) electrons. The molecule has 0 amide bonds. The van der Waals surface area contributed by atoms with Gasteiger partial charge in [-0.25, -0.2) is 4.79 Å². The third-order valence-electron chi connectivity index (χ3n) is 2.10. The monoisotopic (exact) mass is 312 g/mol. The van der Waals surface area contributed by atoms with Crippen LogP contribution in [-0.2, 0) is 0 Å². The summed E-state index contributed by atoms with van der Waals surface area (Å²) in [7, 11) is 0. The lowest BCUT2D eigenvalue weighted by molar-refractivity contribution is 0.0697. The highest BCUT2D eigenvalue weighted by Gasteiger charge is 2.03. The number of carboxylic acid groups (broad SMARTS) is 1. The average Bonchev–Trinajstić information content (AvgIpc) is 2.30. The van der Waals surface area contributed by atoms with Gasteiger partial charge < -0.3 is 5.11 Å². The fourth-order valence-corrected chi connectivity index (χ4v) is 2.73. The Bertz CT molecular complexity index is 467. The van der Waals surface area contributed by atoms with E-state index in [2.05, 4.69) is 20.2 Å². The molecule has 0 fully saturated rings. The topological polar surface area (TPSA) is 37.3 Å².